The van der Waals surface area contributed by atoms with E-state index >= 15 is 0 Å². The van der Waals surface area contributed by atoms with Gasteiger partial charge in [-0.25, -0.2) is 0 Å². The Labute approximate surface area is 375 Å². The van der Waals surface area contributed by atoms with E-state index in [1.165, 1.54) is 96.0 Å². The molecular weight excluding hydrogens is 799 g/mol. The minimum Gasteiger partial charge on any atom is -0.310 e. The molecule has 0 bridgehead atoms. The lowest BCUT2D eigenvalue weighted by molar-refractivity contribution is 1.28. The average Bonchev–Trinajstić information content (AvgIpc) is 3.93. The zero-order chi connectivity index (χ0) is 41.7. The zero-order valence-corrected chi connectivity index (χ0v) is 35.9. The molecule has 3 heteroatoms. The van der Waals surface area contributed by atoms with Crippen molar-refractivity contribution in [2.24, 2.45) is 0 Å². The molecule has 0 aliphatic carbocycles. The third-order valence-electron chi connectivity index (χ3n) is 12.3. The summed E-state index contributed by atoms with van der Waals surface area (Å²) in [6.45, 7) is 0. The normalized spacial score (nSPS) is 11.5. The number of thiophene rings is 2. The van der Waals surface area contributed by atoms with E-state index in [2.05, 4.69) is 241 Å². The van der Waals surface area contributed by atoms with E-state index in [-0.39, 0.29) is 0 Å². The summed E-state index contributed by atoms with van der Waals surface area (Å²) in [6.07, 6.45) is 0. The SMILES string of the molecule is c1ccc(-c2ccccc2-c2c(-c3ccccc3)cccc2N(c2ccc(-c3ccc4c(c3)sc3ccccc34)cc2)c2cccc(-c3cccc4c3sc3ccccc34)c2)cc1. The van der Waals surface area contributed by atoms with Crippen LogP contribution in [0.4, 0.5) is 17.1 Å². The molecule has 0 aliphatic heterocycles. The van der Waals surface area contributed by atoms with Crippen molar-refractivity contribution in [1.82, 2.24) is 0 Å². The number of benzene rings is 10. The third-order valence-corrected chi connectivity index (χ3v) is 14.7. The number of rotatable bonds is 8. The van der Waals surface area contributed by atoms with Gasteiger partial charge in [0.2, 0.25) is 0 Å². The van der Waals surface area contributed by atoms with Crippen LogP contribution < -0.4 is 4.90 Å². The molecule has 0 amide bonds. The molecule has 0 saturated heterocycles. The molecule has 0 atom stereocenters. The van der Waals surface area contributed by atoms with Gasteiger partial charge in [0.1, 0.15) is 0 Å². The molecule has 0 radical (unpaired) electrons. The van der Waals surface area contributed by atoms with Crippen LogP contribution in [0.3, 0.4) is 0 Å². The summed E-state index contributed by atoms with van der Waals surface area (Å²) in [5.74, 6) is 0. The predicted molar refractivity (Wildman–Crippen MR) is 274 cm³/mol. The molecule has 12 aromatic rings. The molecule has 2 aromatic heterocycles. The third kappa shape index (κ3) is 6.61. The molecule has 0 N–H and O–H groups in total. The van der Waals surface area contributed by atoms with Crippen LogP contribution in [0.1, 0.15) is 0 Å². The van der Waals surface area contributed by atoms with Crippen molar-refractivity contribution in [3.05, 3.63) is 237 Å². The van der Waals surface area contributed by atoms with Crippen molar-refractivity contribution in [1.29, 1.82) is 0 Å². The topological polar surface area (TPSA) is 3.24 Å². The second-order valence-electron chi connectivity index (χ2n) is 16.0. The van der Waals surface area contributed by atoms with Crippen molar-refractivity contribution in [3.8, 4) is 55.6 Å². The molecule has 0 aliphatic rings. The quantitative estimate of drug-likeness (QED) is 0.147. The highest BCUT2D eigenvalue weighted by atomic mass is 32.1. The van der Waals surface area contributed by atoms with Crippen LogP contribution in [-0.4, -0.2) is 0 Å². The van der Waals surface area contributed by atoms with Gasteiger partial charge in [-0.05, 0) is 98.6 Å². The van der Waals surface area contributed by atoms with E-state index in [9.17, 15) is 0 Å². The smallest absolute Gasteiger partial charge is 0.0546 e. The van der Waals surface area contributed by atoms with Crippen molar-refractivity contribution in [3.63, 3.8) is 0 Å². The Morgan fingerprint density at radius 1 is 0.270 bits per heavy atom. The summed E-state index contributed by atoms with van der Waals surface area (Å²) in [5.41, 5.74) is 15.2. The van der Waals surface area contributed by atoms with Gasteiger partial charge in [-0.2, -0.15) is 0 Å². The second kappa shape index (κ2) is 15.7. The lowest BCUT2D eigenvalue weighted by Crippen LogP contribution is -2.12. The first-order chi connectivity index (χ1) is 31.2. The molecule has 10 aromatic carbocycles. The molecule has 1 nitrogen and oxygen atoms in total. The summed E-state index contributed by atoms with van der Waals surface area (Å²) in [5, 5.41) is 5.25. The highest BCUT2D eigenvalue weighted by molar-refractivity contribution is 7.26. The zero-order valence-electron chi connectivity index (χ0n) is 34.3. The van der Waals surface area contributed by atoms with Gasteiger partial charge in [0.25, 0.3) is 0 Å². The van der Waals surface area contributed by atoms with E-state index < -0.39 is 0 Å². The Morgan fingerprint density at radius 2 is 0.810 bits per heavy atom. The lowest BCUT2D eigenvalue weighted by atomic mass is 9.87. The minimum atomic E-state index is 1.09. The number of nitrogens with zero attached hydrogens (tertiary/aromatic N) is 1. The highest BCUT2D eigenvalue weighted by Gasteiger charge is 2.23. The Bertz CT molecular complexity index is 3620. The Kier molecular flexibility index (Phi) is 9.29. The molecule has 63 heavy (non-hydrogen) atoms. The van der Waals surface area contributed by atoms with Crippen LogP contribution in [0.5, 0.6) is 0 Å². The Balaban J connectivity index is 1.08. The Morgan fingerprint density at radius 3 is 1.59 bits per heavy atom. The van der Waals surface area contributed by atoms with E-state index in [4.69, 9.17) is 0 Å². The van der Waals surface area contributed by atoms with Gasteiger partial charge in [-0.3, -0.25) is 0 Å². The van der Waals surface area contributed by atoms with Gasteiger partial charge < -0.3 is 4.90 Å². The Hall–Kier alpha value is -7.56. The van der Waals surface area contributed by atoms with E-state index in [0.717, 1.165) is 17.1 Å². The molecule has 0 spiro atoms. The number of anilines is 3. The first-order valence-corrected chi connectivity index (χ1v) is 23.0. The van der Waals surface area contributed by atoms with Gasteiger partial charge in [-0.1, -0.05) is 188 Å². The second-order valence-corrected chi connectivity index (χ2v) is 18.1. The van der Waals surface area contributed by atoms with Gasteiger partial charge >= 0.3 is 0 Å². The average molecular weight is 838 g/mol. The molecule has 296 valence electrons. The fourth-order valence-electron chi connectivity index (χ4n) is 9.36. The monoisotopic (exact) mass is 837 g/mol. The first kappa shape index (κ1) is 37.2. The van der Waals surface area contributed by atoms with E-state index in [1.807, 2.05) is 22.7 Å². The molecule has 0 saturated carbocycles. The van der Waals surface area contributed by atoms with Crippen molar-refractivity contribution >= 4 is 80.1 Å². The van der Waals surface area contributed by atoms with Crippen molar-refractivity contribution in [2.45, 2.75) is 0 Å². The minimum absolute atomic E-state index is 1.09. The van der Waals surface area contributed by atoms with Crippen LogP contribution in [0.25, 0.3) is 96.0 Å². The standard InChI is InChI=1S/C60H39NS2/c1-3-16-41(17-4-1)47-22-7-8-25-53(47)59-48(42-18-5-2-6-19-42)26-15-29-55(59)61(45-35-32-40(33-36-45)43-34-37-52-50-23-9-11-30-56(50)62-58(52)39-43)46-21-13-20-44(38-46)49-27-14-28-54-51-24-10-12-31-57(51)63-60(49)54/h1-39H. The summed E-state index contributed by atoms with van der Waals surface area (Å²) in [4.78, 5) is 2.47. The lowest BCUT2D eigenvalue weighted by Gasteiger charge is -2.30. The molecule has 12 rings (SSSR count). The van der Waals surface area contributed by atoms with Crippen LogP contribution in [0, 0.1) is 0 Å². The first-order valence-electron chi connectivity index (χ1n) is 21.4. The highest BCUT2D eigenvalue weighted by Crippen LogP contribution is 2.49. The van der Waals surface area contributed by atoms with Crippen molar-refractivity contribution < 1.29 is 0 Å². The van der Waals surface area contributed by atoms with Gasteiger partial charge in [-0.15, -0.1) is 22.7 Å². The van der Waals surface area contributed by atoms with Crippen LogP contribution in [-0.2, 0) is 0 Å². The molecule has 0 fully saturated rings. The summed E-state index contributed by atoms with van der Waals surface area (Å²) in [6, 6.07) is 86.7. The molecular formula is C60H39NS2. The molecule has 2 heterocycles. The summed E-state index contributed by atoms with van der Waals surface area (Å²) < 4.78 is 5.25. The van der Waals surface area contributed by atoms with E-state index in [0.29, 0.717) is 0 Å². The fraction of sp³-hybridized carbons (Fsp3) is 0. The number of hydrogen-bond donors (Lipinski definition) is 0. The van der Waals surface area contributed by atoms with Gasteiger partial charge in [0.05, 0.1) is 5.69 Å². The van der Waals surface area contributed by atoms with Crippen LogP contribution in [0.15, 0.2) is 237 Å². The maximum absolute atomic E-state index is 2.47. The number of fused-ring (bicyclic) bond motifs is 6. The van der Waals surface area contributed by atoms with Crippen molar-refractivity contribution in [2.75, 3.05) is 4.90 Å². The predicted octanol–water partition coefficient (Wildman–Crippen LogP) is 18.2. The summed E-state index contributed by atoms with van der Waals surface area (Å²) in [7, 11) is 0. The maximum Gasteiger partial charge on any atom is 0.0546 e. The van der Waals surface area contributed by atoms with Crippen LogP contribution >= 0.6 is 22.7 Å². The van der Waals surface area contributed by atoms with E-state index in [1.54, 1.807) is 0 Å². The largest absolute Gasteiger partial charge is 0.310 e. The fourth-order valence-corrected chi connectivity index (χ4v) is 11.7. The van der Waals surface area contributed by atoms with Crippen LogP contribution in [0.2, 0.25) is 0 Å². The van der Waals surface area contributed by atoms with Gasteiger partial charge in [0, 0.05) is 57.3 Å². The summed E-state index contributed by atoms with van der Waals surface area (Å²) >= 11 is 3.74. The molecule has 0 unspecified atom stereocenters. The number of hydrogen-bond acceptors (Lipinski definition) is 3. The van der Waals surface area contributed by atoms with Gasteiger partial charge in [0.15, 0.2) is 0 Å². The maximum atomic E-state index is 2.47.